The highest BCUT2D eigenvalue weighted by Crippen LogP contribution is 2.34. The van der Waals surface area contributed by atoms with E-state index in [1.807, 2.05) is 6.07 Å². The monoisotopic (exact) mass is 478 g/mol. The van der Waals surface area contributed by atoms with E-state index in [2.05, 4.69) is 5.32 Å². The Morgan fingerprint density at radius 3 is 2.00 bits per heavy atom. The first-order valence-corrected chi connectivity index (χ1v) is 11.6. The number of carbonyl (C=O) groups excluding carboxylic acids is 1. The molecule has 0 bridgehead atoms. The molecule has 3 rings (SSSR count). The molecule has 0 aliphatic carbocycles. The molecule has 0 aliphatic heterocycles. The summed E-state index contributed by atoms with van der Waals surface area (Å²) in [5, 5.41) is 2.36. The van der Waals surface area contributed by atoms with Crippen LogP contribution in [0.5, 0.6) is 5.75 Å². The molecule has 0 aromatic heterocycles. The summed E-state index contributed by atoms with van der Waals surface area (Å²) in [6, 6.07) is 19.1. The molecule has 0 radical (unpaired) electrons. The number of amides is 2. The van der Waals surface area contributed by atoms with E-state index in [0.717, 1.165) is 17.9 Å². The molecule has 0 unspecified atom stereocenters. The Morgan fingerprint density at radius 2 is 1.42 bits per heavy atom. The summed E-state index contributed by atoms with van der Waals surface area (Å²) in [5.74, 6) is 0.111. The van der Waals surface area contributed by atoms with Crippen molar-refractivity contribution in [3.05, 3.63) is 95.6 Å². The third-order valence-electron chi connectivity index (χ3n) is 4.52. The van der Waals surface area contributed by atoms with Crippen LogP contribution < -0.4 is 9.50 Å². The maximum atomic E-state index is 13.3. The van der Waals surface area contributed by atoms with Crippen LogP contribution in [0, 0.1) is 0 Å². The van der Waals surface area contributed by atoms with Gasteiger partial charge in [-0.15, -0.1) is 0 Å². The summed E-state index contributed by atoms with van der Waals surface area (Å²) in [6.45, 7) is 0.205. The lowest BCUT2D eigenvalue weighted by molar-refractivity contribution is -0.136. The van der Waals surface area contributed by atoms with Crippen molar-refractivity contribution in [3.8, 4) is 5.75 Å². The van der Waals surface area contributed by atoms with Crippen molar-refractivity contribution in [2.24, 2.45) is 0 Å². The van der Waals surface area contributed by atoms with Crippen LogP contribution in [0.2, 0.25) is 0 Å². The predicted octanol–water partition coefficient (Wildman–Crippen LogP) is 5.28. The van der Waals surface area contributed by atoms with E-state index in [0.29, 0.717) is 5.56 Å². The van der Waals surface area contributed by atoms with Crippen LogP contribution in [0.25, 0.3) is 0 Å². The molecule has 174 valence electrons. The molecule has 0 fully saturated rings. The van der Waals surface area contributed by atoms with Gasteiger partial charge < -0.3 is 14.4 Å². The van der Waals surface area contributed by atoms with Crippen molar-refractivity contribution in [1.82, 2.24) is 4.90 Å². The molecule has 0 atom stereocenters. The lowest BCUT2D eigenvalue weighted by Gasteiger charge is -2.24. The second kappa shape index (κ2) is 9.95. The van der Waals surface area contributed by atoms with Crippen LogP contribution in [-0.2, 0) is 29.4 Å². The molecule has 2 amide bonds. The van der Waals surface area contributed by atoms with Crippen LogP contribution in [0.3, 0.4) is 0 Å². The van der Waals surface area contributed by atoms with Gasteiger partial charge in [0.25, 0.3) is 0 Å². The van der Waals surface area contributed by atoms with Gasteiger partial charge in [0.2, 0.25) is 0 Å². The third-order valence-corrected chi connectivity index (χ3v) is 5.02. The maximum absolute atomic E-state index is 13.3. The molecule has 0 saturated carbocycles. The summed E-state index contributed by atoms with van der Waals surface area (Å²) in [6.07, 6.45) is -3.70. The first-order chi connectivity index (χ1) is 15.5. The van der Waals surface area contributed by atoms with E-state index in [4.69, 9.17) is 4.18 Å². The van der Waals surface area contributed by atoms with Crippen LogP contribution in [0.15, 0.2) is 78.9 Å². The molecule has 33 heavy (non-hydrogen) atoms. The first-order valence-electron chi connectivity index (χ1n) is 9.76. The number of nitrogens with zero attached hydrogens (tertiary/aromatic N) is 1. The maximum Gasteiger partial charge on any atom is 0.418 e. The molecule has 0 heterocycles. The quantitative estimate of drug-likeness (QED) is 0.469. The van der Waals surface area contributed by atoms with Gasteiger partial charge in [0.15, 0.2) is 0 Å². The number of hydrogen-bond donors (Lipinski definition) is 1. The lowest BCUT2D eigenvalue weighted by atomic mass is 10.1. The number of rotatable bonds is 7. The van der Waals surface area contributed by atoms with E-state index in [-0.39, 0.29) is 24.5 Å². The minimum atomic E-state index is -4.62. The minimum Gasteiger partial charge on any atom is -0.383 e. The van der Waals surface area contributed by atoms with E-state index in [9.17, 15) is 26.4 Å². The van der Waals surface area contributed by atoms with Crippen molar-refractivity contribution in [1.29, 1.82) is 0 Å². The highest BCUT2D eigenvalue weighted by molar-refractivity contribution is 7.86. The Labute approximate surface area is 189 Å². The van der Waals surface area contributed by atoms with Gasteiger partial charge in [0.05, 0.1) is 17.5 Å². The number of anilines is 1. The van der Waals surface area contributed by atoms with Gasteiger partial charge in [-0.1, -0.05) is 54.6 Å². The largest absolute Gasteiger partial charge is 0.418 e. The Bertz CT molecular complexity index is 1200. The minimum absolute atomic E-state index is 0.0636. The summed E-state index contributed by atoms with van der Waals surface area (Å²) in [4.78, 5) is 14.4. The van der Waals surface area contributed by atoms with Crippen LogP contribution in [-0.4, -0.2) is 25.6 Å². The summed E-state index contributed by atoms with van der Waals surface area (Å²) < 4.78 is 67.3. The average molecular weight is 478 g/mol. The number of benzene rings is 3. The van der Waals surface area contributed by atoms with Gasteiger partial charge in [-0.3, -0.25) is 0 Å². The van der Waals surface area contributed by atoms with Crippen molar-refractivity contribution >= 4 is 21.8 Å². The van der Waals surface area contributed by atoms with Crippen molar-refractivity contribution in [3.63, 3.8) is 0 Å². The second-order valence-corrected chi connectivity index (χ2v) is 8.82. The number of para-hydroxylation sites is 1. The molecular formula is C23H21F3N2O4S. The van der Waals surface area contributed by atoms with E-state index >= 15 is 0 Å². The summed E-state index contributed by atoms with van der Waals surface area (Å²) in [5.41, 5.74) is 0.130. The Hall–Kier alpha value is -3.53. The Kier molecular flexibility index (Phi) is 7.27. The molecule has 6 nitrogen and oxygen atoms in total. The number of nitrogens with one attached hydrogen (secondary N) is 1. The number of carbonyl (C=O) groups is 1. The van der Waals surface area contributed by atoms with Gasteiger partial charge in [0.1, 0.15) is 5.75 Å². The third kappa shape index (κ3) is 7.25. The second-order valence-electron chi connectivity index (χ2n) is 7.25. The fourth-order valence-electron chi connectivity index (χ4n) is 3.08. The van der Waals surface area contributed by atoms with Crippen LogP contribution >= 0.6 is 0 Å². The lowest BCUT2D eigenvalue weighted by Crippen LogP contribution is -2.34. The van der Waals surface area contributed by atoms with Crippen LogP contribution in [0.4, 0.5) is 23.7 Å². The van der Waals surface area contributed by atoms with Crippen molar-refractivity contribution in [2.75, 3.05) is 11.6 Å². The highest BCUT2D eigenvalue weighted by atomic mass is 32.2. The fourth-order valence-corrected chi connectivity index (χ4v) is 3.54. The van der Waals surface area contributed by atoms with Gasteiger partial charge in [0, 0.05) is 13.1 Å². The molecule has 3 aromatic rings. The molecule has 1 N–H and O–H groups in total. The summed E-state index contributed by atoms with van der Waals surface area (Å²) in [7, 11) is -3.68. The number of alkyl halides is 3. The van der Waals surface area contributed by atoms with Gasteiger partial charge in [-0.05, 0) is 35.4 Å². The topological polar surface area (TPSA) is 75.7 Å². The fraction of sp³-hybridized carbons (Fsp3) is 0.174. The zero-order chi connectivity index (χ0) is 24.1. The summed E-state index contributed by atoms with van der Waals surface area (Å²) >= 11 is 0. The average Bonchev–Trinajstić information content (AvgIpc) is 2.74. The Balaban J connectivity index is 1.84. The predicted molar refractivity (Wildman–Crippen MR) is 118 cm³/mol. The number of hydrogen-bond acceptors (Lipinski definition) is 4. The Morgan fingerprint density at radius 1 is 0.879 bits per heavy atom. The molecule has 0 spiro atoms. The molecular weight excluding hydrogens is 457 g/mol. The van der Waals surface area contributed by atoms with Gasteiger partial charge in [-0.25, -0.2) is 4.79 Å². The molecule has 10 heteroatoms. The molecule has 0 saturated heterocycles. The van der Waals surface area contributed by atoms with Gasteiger partial charge in [-0.2, -0.15) is 21.6 Å². The first kappa shape index (κ1) is 24.1. The zero-order valence-corrected chi connectivity index (χ0v) is 18.4. The smallest absolute Gasteiger partial charge is 0.383 e. The SMILES string of the molecule is CS(=O)(=O)Oc1ccc(CN(Cc2ccccc2)C(=O)Nc2ccccc2C(F)(F)F)cc1. The van der Waals surface area contributed by atoms with E-state index in [1.165, 1.54) is 35.2 Å². The highest BCUT2D eigenvalue weighted by Gasteiger charge is 2.34. The van der Waals surface area contributed by atoms with Crippen molar-refractivity contribution < 1.29 is 30.6 Å². The molecule has 0 aliphatic rings. The van der Waals surface area contributed by atoms with E-state index < -0.39 is 27.9 Å². The normalized spacial score (nSPS) is 11.6. The van der Waals surface area contributed by atoms with Gasteiger partial charge >= 0.3 is 22.3 Å². The number of urea groups is 1. The standard InChI is InChI=1S/C23H21F3N2O4S/c1-33(30,31)32-19-13-11-18(12-14-19)16-28(15-17-7-3-2-4-8-17)22(29)27-21-10-6-5-9-20(21)23(24,25)26/h2-14H,15-16H2,1H3,(H,27,29). The zero-order valence-electron chi connectivity index (χ0n) is 17.5. The van der Waals surface area contributed by atoms with Crippen LogP contribution in [0.1, 0.15) is 16.7 Å². The van der Waals surface area contributed by atoms with E-state index in [1.54, 1.807) is 36.4 Å². The molecule has 3 aromatic carbocycles. The van der Waals surface area contributed by atoms with Crippen molar-refractivity contribution in [2.45, 2.75) is 19.3 Å². The number of halogens is 3.